The normalized spacial score (nSPS) is 20.4. The number of benzene rings is 1. The topological polar surface area (TPSA) is 47.6 Å². The average Bonchev–Trinajstić information content (AvgIpc) is 3.47. The van der Waals surface area contributed by atoms with Gasteiger partial charge in [0.1, 0.15) is 0 Å². The number of ether oxygens (including phenoxy) is 1. The molecular weight excluding hydrogens is 466 g/mol. The number of nitrogens with two attached hydrogens (primary N) is 1. The fraction of sp³-hybridized carbons (Fsp3) is 0.350. The second-order valence-electron chi connectivity index (χ2n) is 6.29. The minimum absolute atomic E-state index is 0.0691. The van der Waals surface area contributed by atoms with Crippen molar-refractivity contribution in [3.63, 3.8) is 0 Å². The van der Waals surface area contributed by atoms with Crippen molar-refractivity contribution < 1.29 is 30.3 Å². The van der Waals surface area contributed by atoms with Gasteiger partial charge in [0.25, 0.3) is 0 Å². The van der Waals surface area contributed by atoms with Crippen LogP contribution in [0.3, 0.4) is 0 Å². The van der Waals surface area contributed by atoms with E-state index in [4.69, 9.17) is 22.1 Å². The van der Waals surface area contributed by atoms with Crippen LogP contribution in [0, 0.1) is 0 Å². The first-order chi connectivity index (χ1) is 12.5. The Labute approximate surface area is 169 Å². The van der Waals surface area contributed by atoms with E-state index < -0.39 is 0 Å². The molecule has 1 aromatic rings. The Balaban J connectivity index is 2.09. The Morgan fingerprint density at radius 2 is 2.27 bits per heavy atom. The molecule has 1 atom stereocenters. The van der Waals surface area contributed by atoms with Crippen molar-refractivity contribution in [3.05, 3.63) is 56.9 Å². The van der Waals surface area contributed by atoms with Crippen LogP contribution >= 0.6 is 11.6 Å². The summed E-state index contributed by atoms with van der Waals surface area (Å²) >= 11 is 6.67. The molecule has 1 saturated heterocycles. The van der Waals surface area contributed by atoms with Gasteiger partial charge in [-0.15, -0.1) is 0 Å². The van der Waals surface area contributed by atoms with E-state index >= 15 is 4.39 Å². The summed E-state index contributed by atoms with van der Waals surface area (Å²) in [6, 6.07) is 1.96. The number of halogens is 3. The number of rotatable bonds is 5. The van der Waals surface area contributed by atoms with Gasteiger partial charge in [0.05, 0.1) is 0 Å². The second-order valence-corrected chi connectivity index (χ2v) is 9.94. The van der Waals surface area contributed by atoms with E-state index in [1.807, 2.05) is 26.0 Å². The summed E-state index contributed by atoms with van der Waals surface area (Å²) in [4.78, 5) is 4.19. The molecule has 0 aliphatic carbocycles. The molecule has 140 valence electrons. The molecule has 0 spiro atoms. The molecule has 2 N–H and O–H groups in total. The van der Waals surface area contributed by atoms with Crippen LogP contribution < -0.4 is 31.7 Å². The van der Waals surface area contributed by atoms with Gasteiger partial charge in [-0.1, -0.05) is 0 Å². The molecule has 26 heavy (non-hydrogen) atoms. The first-order valence-electron chi connectivity index (χ1n) is 8.50. The van der Waals surface area contributed by atoms with E-state index in [0.717, 1.165) is 33.3 Å². The van der Waals surface area contributed by atoms with E-state index in [1.54, 1.807) is 13.3 Å². The number of hydrogen-bond donors (Lipinski definition) is 1. The van der Waals surface area contributed by atoms with E-state index in [1.165, 1.54) is 6.08 Å². The Kier molecular flexibility index (Phi) is 6.07. The van der Waals surface area contributed by atoms with Crippen molar-refractivity contribution in [1.29, 1.82) is 0 Å². The molecular formula is C20H22ClFIN2O-. The minimum atomic E-state index is -0.342. The Bertz CT molecular complexity index is 854. The van der Waals surface area contributed by atoms with Crippen molar-refractivity contribution in [2.75, 3.05) is 11.5 Å². The summed E-state index contributed by atoms with van der Waals surface area (Å²) in [5.41, 5.74) is 9.83. The Morgan fingerprint density at radius 3 is 2.88 bits per heavy atom. The van der Waals surface area contributed by atoms with Gasteiger partial charge in [-0.25, -0.2) is 0 Å². The number of aliphatic imine (C=N–C) groups is 1. The standard InChI is InChI=1S/C20H22ClFIN2O/c1-4-13-8-16(26-3)18(15-9-23-15)17(19(13)21)14(22)7-12-6-5-11(2)20(24)25-10-12/h6-8,10,15H,4-5,9,24H2,1-3H3/q-1/b14-7-. The third kappa shape index (κ3) is 3.98. The van der Waals surface area contributed by atoms with Gasteiger partial charge in [-0.2, -0.15) is 0 Å². The van der Waals surface area contributed by atoms with Crippen LogP contribution in [0.5, 0.6) is 5.75 Å². The average molecular weight is 488 g/mol. The van der Waals surface area contributed by atoms with Crippen LogP contribution in [-0.2, 0) is 6.42 Å². The summed E-state index contributed by atoms with van der Waals surface area (Å²) in [6.45, 7) is 3.93. The predicted molar refractivity (Wildman–Crippen MR) is 102 cm³/mol. The molecule has 2 heterocycles. The molecule has 0 amide bonds. The first kappa shape index (κ1) is 19.4. The molecule has 6 heteroatoms. The summed E-state index contributed by atoms with van der Waals surface area (Å²) in [5.74, 6) is 0.892. The van der Waals surface area contributed by atoms with E-state index in [0.29, 0.717) is 32.3 Å². The van der Waals surface area contributed by atoms with Crippen molar-refractivity contribution in [2.45, 2.75) is 30.6 Å². The number of aryl methyl sites for hydroxylation is 1. The van der Waals surface area contributed by atoms with Gasteiger partial charge in [-0.05, 0) is 0 Å². The van der Waals surface area contributed by atoms with E-state index in [9.17, 15) is 0 Å². The van der Waals surface area contributed by atoms with Crippen LogP contribution in [0.1, 0.15) is 40.9 Å². The van der Waals surface area contributed by atoms with Gasteiger partial charge in [-0.3, -0.25) is 0 Å². The fourth-order valence-electron chi connectivity index (χ4n) is 2.87. The van der Waals surface area contributed by atoms with E-state index in [2.05, 4.69) is 4.99 Å². The molecule has 2 aliphatic heterocycles. The van der Waals surface area contributed by atoms with Gasteiger partial charge < -0.3 is 0 Å². The van der Waals surface area contributed by atoms with Crippen LogP contribution in [0.25, 0.3) is 5.83 Å². The van der Waals surface area contributed by atoms with Gasteiger partial charge >= 0.3 is 170 Å². The Hall–Kier alpha value is -1.34. The SMILES string of the molecule is CCc1cc(OC)c(C2C[I-]2)c(/C(F)=C/C2=CCC(C)=C(N)N=C2)c1Cl. The number of nitrogens with zero attached hydrogens (tertiary/aromatic N) is 1. The number of methoxy groups -OCH3 is 1. The number of hydrogen-bond acceptors (Lipinski definition) is 3. The summed E-state index contributed by atoms with van der Waals surface area (Å²) in [5, 5.41) is 0.493. The van der Waals surface area contributed by atoms with E-state index in [-0.39, 0.29) is 27.0 Å². The van der Waals surface area contributed by atoms with Crippen LogP contribution in [0.4, 0.5) is 4.39 Å². The molecule has 0 saturated carbocycles. The number of alkyl halides is 2. The zero-order valence-corrected chi connectivity index (χ0v) is 18.0. The van der Waals surface area contributed by atoms with Crippen molar-refractivity contribution >= 4 is 23.6 Å². The van der Waals surface area contributed by atoms with Crippen molar-refractivity contribution in [2.24, 2.45) is 10.7 Å². The maximum absolute atomic E-state index is 15.4. The summed E-state index contributed by atoms with van der Waals surface area (Å²) < 4.78 is 22.5. The fourth-order valence-corrected chi connectivity index (χ4v) is 5.00. The molecule has 3 nitrogen and oxygen atoms in total. The predicted octanol–water partition coefficient (Wildman–Crippen LogP) is 1.96. The zero-order valence-electron chi connectivity index (χ0n) is 15.1. The molecule has 1 fully saturated rings. The zero-order chi connectivity index (χ0) is 18.8. The van der Waals surface area contributed by atoms with Gasteiger partial charge in [0.2, 0.25) is 0 Å². The summed E-state index contributed by atoms with van der Waals surface area (Å²) in [6.07, 6.45) is 6.40. The first-order valence-corrected chi connectivity index (χ1v) is 11.6. The number of allylic oxidation sites excluding steroid dienone is 4. The molecule has 0 bridgehead atoms. The molecule has 2 aliphatic rings. The van der Waals surface area contributed by atoms with Crippen molar-refractivity contribution in [1.82, 2.24) is 0 Å². The summed E-state index contributed by atoms with van der Waals surface area (Å²) in [7, 11) is 1.63. The van der Waals surface area contributed by atoms with Gasteiger partial charge in [0, 0.05) is 0 Å². The second kappa shape index (κ2) is 8.13. The quantitative estimate of drug-likeness (QED) is 0.510. The maximum atomic E-state index is 15.4. The molecule has 3 rings (SSSR count). The monoisotopic (exact) mass is 487 g/mol. The molecule has 1 unspecified atom stereocenters. The molecule has 1 aromatic carbocycles. The Morgan fingerprint density at radius 1 is 1.54 bits per heavy atom. The third-order valence-electron chi connectivity index (χ3n) is 4.53. The van der Waals surface area contributed by atoms with Crippen LogP contribution in [0.2, 0.25) is 5.02 Å². The van der Waals surface area contributed by atoms with Crippen LogP contribution in [-0.4, -0.2) is 17.8 Å². The van der Waals surface area contributed by atoms with Crippen LogP contribution in [0.15, 0.2) is 40.2 Å². The molecule has 0 radical (unpaired) electrons. The molecule has 0 aromatic heterocycles. The van der Waals surface area contributed by atoms with Crippen molar-refractivity contribution in [3.8, 4) is 5.75 Å². The van der Waals surface area contributed by atoms with Gasteiger partial charge in [0.15, 0.2) is 0 Å². The third-order valence-corrected chi connectivity index (χ3v) is 7.35.